The van der Waals surface area contributed by atoms with Crippen molar-refractivity contribution in [2.75, 3.05) is 0 Å². The van der Waals surface area contributed by atoms with Crippen LogP contribution in [0.25, 0.3) is 10.9 Å². The highest BCUT2D eigenvalue weighted by molar-refractivity contribution is 9.10. The summed E-state index contributed by atoms with van der Waals surface area (Å²) in [6.45, 7) is 0. The number of rotatable bonds is 4. The third kappa shape index (κ3) is 2.41. The van der Waals surface area contributed by atoms with E-state index in [9.17, 15) is 4.79 Å². The SMILES string of the molecule is Cn1cc(Br)c2cc(C(CC(=O)O)C3CC3)ccc21. The molecule has 0 aliphatic heterocycles. The number of nitrogens with zero attached hydrogens (tertiary/aromatic N) is 1. The number of halogens is 1. The van der Waals surface area contributed by atoms with Gasteiger partial charge in [-0.1, -0.05) is 6.07 Å². The molecule has 4 heteroatoms. The van der Waals surface area contributed by atoms with Crippen molar-refractivity contribution in [2.45, 2.75) is 25.2 Å². The van der Waals surface area contributed by atoms with E-state index in [1.54, 1.807) is 0 Å². The molecule has 1 N–H and O–H groups in total. The van der Waals surface area contributed by atoms with Gasteiger partial charge in [-0.2, -0.15) is 0 Å². The van der Waals surface area contributed by atoms with E-state index in [4.69, 9.17) is 5.11 Å². The second-order valence-electron chi connectivity index (χ2n) is 5.41. The second-order valence-corrected chi connectivity index (χ2v) is 6.26. The number of hydrogen-bond donors (Lipinski definition) is 1. The van der Waals surface area contributed by atoms with Crippen molar-refractivity contribution in [3.05, 3.63) is 34.4 Å². The van der Waals surface area contributed by atoms with Crippen molar-refractivity contribution in [3.63, 3.8) is 0 Å². The van der Waals surface area contributed by atoms with Gasteiger partial charge in [-0.3, -0.25) is 4.79 Å². The maximum atomic E-state index is 11.0. The van der Waals surface area contributed by atoms with E-state index >= 15 is 0 Å². The number of aromatic nitrogens is 1. The lowest BCUT2D eigenvalue weighted by atomic mass is 9.90. The Labute approximate surface area is 120 Å². The van der Waals surface area contributed by atoms with Crippen LogP contribution in [0.1, 0.15) is 30.7 Å². The van der Waals surface area contributed by atoms with Crippen LogP contribution in [0.2, 0.25) is 0 Å². The van der Waals surface area contributed by atoms with Crippen LogP contribution >= 0.6 is 15.9 Å². The summed E-state index contributed by atoms with van der Waals surface area (Å²) < 4.78 is 3.14. The first-order valence-electron chi connectivity index (χ1n) is 6.52. The largest absolute Gasteiger partial charge is 0.481 e. The van der Waals surface area contributed by atoms with Gasteiger partial charge in [-0.05, 0) is 58.3 Å². The first-order chi connectivity index (χ1) is 9.06. The van der Waals surface area contributed by atoms with Gasteiger partial charge < -0.3 is 9.67 Å². The van der Waals surface area contributed by atoms with Crippen molar-refractivity contribution in [2.24, 2.45) is 13.0 Å². The van der Waals surface area contributed by atoms with Gasteiger partial charge in [0.15, 0.2) is 0 Å². The van der Waals surface area contributed by atoms with Gasteiger partial charge in [0.25, 0.3) is 0 Å². The number of carboxylic acid groups (broad SMARTS) is 1. The lowest BCUT2D eigenvalue weighted by molar-refractivity contribution is -0.137. The van der Waals surface area contributed by atoms with Crippen molar-refractivity contribution in [1.82, 2.24) is 4.57 Å². The fraction of sp³-hybridized carbons (Fsp3) is 0.400. The number of carbonyl (C=O) groups is 1. The van der Waals surface area contributed by atoms with Crippen molar-refractivity contribution in [3.8, 4) is 0 Å². The Bertz CT molecular complexity index is 643. The molecule has 1 atom stereocenters. The molecule has 0 saturated heterocycles. The molecule has 100 valence electrons. The first kappa shape index (κ1) is 12.7. The molecule has 1 heterocycles. The van der Waals surface area contributed by atoms with Crippen LogP contribution in [0.5, 0.6) is 0 Å². The molecule has 1 saturated carbocycles. The Kier molecular flexibility index (Phi) is 3.13. The summed E-state index contributed by atoms with van der Waals surface area (Å²) >= 11 is 3.57. The number of carboxylic acids is 1. The Hall–Kier alpha value is -1.29. The highest BCUT2D eigenvalue weighted by atomic mass is 79.9. The number of benzene rings is 1. The normalized spacial score (nSPS) is 16.7. The van der Waals surface area contributed by atoms with Gasteiger partial charge in [0.1, 0.15) is 0 Å². The van der Waals surface area contributed by atoms with E-state index in [0.717, 1.165) is 28.3 Å². The molecule has 1 unspecified atom stereocenters. The van der Waals surface area contributed by atoms with Crippen LogP contribution in [0, 0.1) is 5.92 Å². The van der Waals surface area contributed by atoms with Gasteiger partial charge in [0.05, 0.1) is 6.42 Å². The van der Waals surface area contributed by atoms with Crippen LogP contribution in [-0.4, -0.2) is 15.6 Å². The number of fused-ring (bicyclic) bond motifs is 1. The van der Waals surface area contributed by atoms with Gasteiger partial charge in [-0.15, -0.1) is 0 Å². The highest BCUT2D eigenvalue weighted by Crippen LogP contribution is 2.45. The number of aliphatic carboxylic acids is 1. The van der Waals surface area contributed by atoms with Gasteiger partial charge in [0.2, 0.25) is 0 Å². The zero-order valence-corrected chi connectivity index (χ0v) is 12.4. The van der Waals surface area contributed by atoms with E-state index in [1.807, 2.05) is 13.2 Å². The van der Waals surface area contributed by atoms with Crippen molar-refractivity contribution in [1.29, 1.82) is 0 Å². The highest BCUT2D eigenvalue weighted by Gasteiger charge is 2.33. The topological polar surface area (TPSA) is 42.2 Å². The third-order valence-electron chi connectivity index (χ3n) is 3.98. The molecule has 3 nitrogen and oxygen atoms in total. The van der Waals surface area contributed by atoms with E-state index < -0.39 is 5.97 Å². The maximum Gasteiger partial charge on any atom is 0.303 e. The van der Waals surface area contributed by atoms with E-state index in [-0.39, 0.29) is 12.3 Å². The molecule has 2 aromatic rings. The van der Waals surface area contributed by atoms with Crippen LogP contribution in [0.4, 0.5) is 0 Å². The predicted molar refractivity (Wildman–Crippen MR) is 78.3 cm³/mol. The molecule has 1 fully saturated rings. The molecule has 3 rings (SSSR count). The monoisotopic (exact) mass is 321 g/mol. The van der Waals surface area contributed by atoms with Gasteiger partial charge >= 0.3 is 5.97 Å². The molecule has 1 aliphatic carbocycles. The molecule has 0 amide bonds. The average molecular weight is 322 g/mol. The van der Waals surface area contributed by atoms with E-state index in [0.29, 0.717) is 5.92 Å². The lowest BCUT2D eigenvalue weighted by Gasteiger charge is -2.14. The molecule has 0 bridgehead atoms. The van der Waals surface area contributed by atoms with E-state index in [2.05, 4.69) is 38.7 Å². The Morgan fingerprint density at radius 2 is 2.26 bits per heavy atom. The Balaban J connectivity index is 2.03. The van der Waals surface area contributed by atoms with Gasteiger partial charge in [0, 0.05) is 28.6 Å². The summed E-state index contributed by atoms with van der Waals surface area (Å²) in [4.78, 5) is 11.0. The van der Waals surface area contributed by atoms with Crippen LogP contribution in [0.3, 0.4) is 0 Å². The number of aryl methyl sites for hydroxylation is 1. The molecule has 1 aromatic heterocycles. The summed E-state index contributed by atoms with van der Waals surface area (Å²) in [7, 11) is 2.02. The molecular weight excluding hydrogens is 306 g/mol. The molecular formula is C15H16BrNO2. The molecule has 0 spiro atoms. The fourth-order valence-electron chi connectivity index (χ4n) is 2.84. The van der Waals surface area contributed by atoms with Crippen LogP contribution in [0.15, 0.2) is 28.9 Å². The quantitative estimate of drug-likeness (QED) is 0.927. The standard InChI is InChI=1S/C15H16BrNO2/c1-17-8-13(16)12-6-10(4-5-14(12)17)11(7-15(18)19)9-2-3-9/h4-6,8-9,11H,2-3,7H2,1H3,(H,18,19). The van der Waals surface area contributed by atoms with Gasteiger partial charge in [-0.25, -0.2) is 0 Å². The summed E-state index contributed by atoms with van der Waals surface area (Å²) in [5.74, 6) is 0.00849. The minimum atomic E-state index is -0.705. The first-order valence-corrected chi connectivity index (χ1v) is 7.32. The Morgan fingerprint density at radius 3 is 2.89 bits per heavy atom. The maximum absolute atomic E-state index is 11.0. The zero-order valence-electron chi connectivity index (χ0n) is 10.8. The second kappa shape index (κ2) is 4.67. The third-order valence-corrected chi connectivity index (χ3v) is 4.61. The van der Waals surface area contributed by atoms with Crippen molar-refractivity contribution < 1.29 is 9.90 Å². The summed E-state index contributed by atoms with van der Waals surface area (Å²) in [6, 6.07) is 6.32. The predicted octanol–water partition coefficient (Wildman–Crippen LogP) is 3.91. The summed E-state index contributed by atoms with van der Waals surface area (Å²) in [5, 5.41) is 10.2. The zero-order chi connectivity index (χ0) is 13.6. The molecule has 19 heavy (non-hydrogen) atoms. The van der Waals surface area contributed by atoms with Crippen molar-refractivity contribution >= 4 is 32.8 Å². The average Bonchev–Trinajstić information content (AvgIpc) is 3.15. The molecule has 1 aliphatic rings. The number of hydrogen-bond acceptors (Lipinski definition) is 1. The smallest absolute Gasteiger partial charge is 0.303 e. The fourth-order valence-corrected chi connectivity index (χ4v) is 3.46. The van der Waals surface area contributed by atoms with Crippen LogP contribution < -0.4 is 0 Å². The minimum Gasteiger partial charge on any atom is -0.481 e. The lowest BCUT2D eigenvalue weighted by Crippen LogP contribution is -2.08. The van der Waals surface area contributed by atoms with E-state index in [1.165, 1.54) is 5.52 Å². The minimum absolute atomic E-state index is 0.161. The van der Waals surface area contributed by atoms with Crippen LogP contribution in [-0.2, 0) is 11.8 Å². The molecule has 1 aromatic carbocycles. The summed E-state index contributed by atoms with van der Waals surface area (Å²) in [6.07, 6.45) is 4.59. The Morgan fingerprint density at radius 1 is 1.53 bits per heavy atom. The molecule has 0 radical (unpaired) electrons. The summed E-state index contributed by atoms with van der Waals surface area (Å²) in [5.41, 5.74) is 2.32.